The van der Waals surface area contributed by atoms with Crippen molar-refractivity contribution in [3.05, 3.63) is 101 Å². The molecule has 1 aromatic heterocycles. The Labute approximate surface area is 170 Å². The number of carbonyl (C=O) groups excluding carboxylic acids is 1. The minimum absolute atomic E-state index is 0.392. The van der Waals surface area contributed by atoms with Gasteiger partial charge in [-0.25, -0.2) is 4.79 Å². The molecule has 0 spiro atoms. The summed E-state index contributed by atoms with van der Waals surface area (Å²) < 4.78 is 7.49. The Bertz CT molecular complexity index is 1160. The minimum atomic E-state index is -0.406. The first-order valence-electron chi connectivity index (χ1n) is 9.54. The molecule has 0 aliphatic carbocycles. The zero-order valence-corrected chi connectivity index (χ0v) is 16.7. The van der Waals surface area contributed by atoms with Crippen molar-refractivity contribution < 1.29 is 9.53 Å². The molecule has 29 heavy (non-hydrogen) atoms. The van der Waals surface area contributed by atoms with Gasteiger partial charge in [0.25, 0.3) is 0 Å². The number of carbonyl (C=O) groups is 1. The van der Waals surface area contributed by atoms with Crippen LogP contribution in [0.15, 0.2) is 78.9 Å². The van der Waals surface area contributed by atoms with Crippen LogP contribution in [-0.4, -0.2) is 15.7 Å². The van der Waals surface area contributed by atoms with E-state index >= 15 is 0 Å². The van der Waals surface area contributed by atoms with Crippen molar-refractivity contribution in [1.82, 2.24) is 9.78 Å². The number of rotatable bonds is 4. The van der Waals surface area contributed by atoms with Crippen LogP contribution in [0.25, 0.3) is 16.9 Å². The van der Waals surface area contributed by atoms with Gasteiger partial charge >= 0.3 is 5.97 Å². The Morgan fingerprint density at radius 2 is 1.59 bits per heavy atom. The summed E-state index contributed by atoms with van der Waals surface area (Å²) in [6, 6.07) is 25.0. The molecule has 3 aromatic carbocycles. The second kappa shape index (κ2) is 7.76. The molecule has 4 rings (SSSR count). The molecule has 0 saturated heterocycles. The molecule has 0 atom stereocenters. The van der Waals surface area contributed by atoms with Gasteiger partial charge in [0, 0.05) is 11.6 Å². The molecule has 4 nitrogen and oxygen atoms in total. The Balaban J connectivity index is 1.79. The molecular formula is C25H22N2O2. The number of esters is 1. The van der Waals surface area contributed by atoms with Crippen molar-refractivity contribution >= 4 is 5.97 Å². The van der Waals surface area contributed by atoms with Crippen molar-refractivity contribution in [3.63, 3.8) is 0 Å². The molecule has 0 aliphatic heterocycles. The highest BCUT2D eigenvalue weighted by Crippen LogP contribution is 2.29. The van der Waals surface area contributed by atoms with Crippen LogP contribution in [-0.2, 0) is 0 Å². The lowest BCUT2D eigenvalue weighted by atomic mass is 10.1. The van der Waals surface area contributed by atoms with Gasteiger partial charge in [-0.15, -0.1) is 0 Å². The van der Waals surface area contributed by atoms with Gasteiger partial charge in [0.05, 0.1) is 16.9 Å². The first kappa shape index (κ1) is 18.7. The summed E-state index contributed by atoms with van der Waals surface area (Å²) in [5.41, 5.74) is 6.43. The van der Waals surface area contributed by atoms with E-state index in [4.69, 9.17) is 9.84 Å². The fourth-order valence-corrected chi connectivity index (χ4v) is 3.17. The van der Waals surface area contributed by atoms with Gasteiger partial charge in [0.15, 0.2) is 0 Å². The van der Waals surface area contributed by atoms with Crippen LogP contribution in [0.2, 0.25) is 0 Å². The zero-order chi connectivity index (χ0) is 20.4. The third-order valence-electron chi connectivity index (χ3n) is 5.03. The number of hydrogen-bond acceptors (Lipinski definition) is 3. The Hall–Kier alpha value is -3.66. The first-order chi connectivity index (χ1) is 14.0. The van der Waals surface area contributed by atoms with Crippen molar-refractivity contribution in [2.24, 2.45) is 0 Å². The van der Waals surface area contributed by atoms with Gasteiger partial charge in [0.2, 0.25) is 5.88 Å². The number of hydrogen-bond donors (Lipinski definition) is 0. The van der Waals surface area contributed by atoms with E-state index < -0.39 is 5.97 Å². The SMILES string of the molecule is Cc1ccc(C(=O)Oc2cc(-c3ccccc3)nn2-c2cccc(C)c2C)cc1. The van der Waals surface area contributed by atoms with Crippen LogP contribution in [0.5, 0.6) is 5.88 Å². The Morgan fingerprint density at radius 1 is 0.862 bits per heavy atom. The second-order valence-electron chi connectivity index (χ2n) is 7.12. The number of benzene rings is 3. The highest BCUT2D eigenvalue weighted by atomic mass is 16.5. The van der Waals surface area contributed by atoms with E-state index in [0.29, 0.717) is 11.4 Å². The molecule has 0 bridgehead atoms. The first-order valence-corrected chi connectivity index (χ1v) is 9.54. The second-order valence-corrected chi connectivity index (χ2v) is 7.12. The third kappa shape index (κ3) is 3.83. The van der Waals surface area contributed by atoms with Gasteiger partial charge < -0.3 is 4.74 Å². The number of nitrogens with zero attached hydrogens (tertiary/aromatic N) is 2. The average Bonchev–Trinajstić information content (AvgIpc) is 3.14. The lowest BCUT2D eigenvalue weighted by molar-refractivity contribution is 0.0723. The number of aryl methyl sites for hydroxylation is 2. The maximum absolute atomic E-state index is 12.7. The van der Waals surface area contributed by atoms with E-state index in [1.165, 1.54) is 0 Å². The quantitative estimate of drug-likeness (QED) is 0.426. The van der Waals surface area contributed by atoms with Gasteiger partial charge in [-0.2, -0.15) is 9.78 Å². The topological polar surface area (TPSA) is 44.1 Å². The minimum Gasteiger partial charge on any atom is -0.404 e. The summed E-state index contributed by atoms with van der Waals surface area (Å²) in [4.78, 5) is 12.7. The van der Waals surface area contributed by atoms with E-state index in [0.717, 1.165) is 33.6 Å². The van der Waals surface area contributed by atoms with E-state index in [2.05, 4.69) is 13.0 Å². The summed E-state index contributed by atoms with van der Waals surface area (Å²) in [5, 5.41) is 4.75. The monoisotopic (exact) mass is 382 g/mol. The summed E-state index contributed by atoms with van der Waals surface area (Å²) in [7, 11) is 0. The van der Waals surface area contributed by atoms with Crippen LogP contribution in [0.1, 0.15) is 27.0 Å². The van der Waals surface area contributed by atoms with Crippen LogP contribution >= 0.6 is 0 Å². The Kier molecular flexibility index (Phi) is 5.00. The fraction of sp³-hybridized carbons (Fsp3) is 0.120. The third-order valence-corrected chi connectivity index (χ3v) is 5.03. The molecule has 0 aliphatic rings. The molecule has 0 amide bonds. The van der Waals surface area contributed by atoms with Crippen molar-refractivity contribution in [2.75, 3.05) is 0 Å². The van der Waals surface area contributed by atoms with Crippen molar-refractivity contribution in [2.45, 2.75) is 20.8 Å². The molecule has 4 heteroatoms. The van der Waals surface area contributed by atoms with Gasteiger partial charge in [0.1, 0.15) is 0 Å². The normalized spacial score (nSPS) is 10.7. The highest BCUT2D eigenvalue weighted by Gasteiger charge is 2.18. The van der Waals surface area contributed by atoms with E-state index in [1.807, 2.05) is 74.5 Å². The Morgan fingerprint density at radius 3 is 2.31 bits per heavy atom. The summed E-state index contributed by atoms with van der Waals surface area (Å²) in [6.45, 7) is 6.08. The lowest BCUT2D eigenvalue weighted by Crippen LogP contribution is -2.12. The standard InChI is InChI=1S/C25H22N2O2/c1-17-12-14-21(15-13-17)25(28)29-24-16-22(20-9-5-4-6-10-20)26-27(24)23-11-7-8-18(2)19(23)3/h4-16H,1-3H3. The highest BCUT2D eigenvalue weighted by molar-refractivity contribution is 5.91. The van der Waals surface area contributed by atoms with E-state index in [9.17, 15) is 4.79 Å². The summed E-state index contributed by atoms with van der Waals surface area (Å²) in [5.74, 6) is -0.0146. The van der Waals surface area contributed by atoms with E-state index in [1.54, 1.807) is 16.8 Å². The van der Waals surface area contributed by atoms with Crippen LogP contribution in [0.4, 0.5) is 0 Å². The molecule has 0 saturated carbocycles. The predicted molar refractivity (Wildman–Crippen MR) is 115 cm³/mol. The number of ether oxygens (including phenoxy) is 1. The fourth-order valence-electron chi connectivity index (χ4n) is 3.17. The molecule has 4 aromatic rings. The molecule has 0 fully saturated rings. The predicted octanol–water partition coefficient (Wildman–Crippen LogP) is 5.68. The maximum Gasteiger partial charge on any atom is 0.344 e. The molecular weight excluding hydrogens is 360 g/mol. The zero-order valence-electron chi connectivity index (χ0n) is 16.7. The summed E-state index contributed by atoms with van der Waals surface area (Å²) >= 11 is 0. The number of aromatic nitrogens is 2. The van der Waals surface area contributed by atoms with Crippen molar-refractivity contribution in [3.8, 4) is 22.8 Å². The average molecular weight is 382 g/mol. The van der Waals surface area contributed by atoms with E-state index in [-0.39, 0.29) is 0 Å². The lowest BCUT2D eigenvalue weighted by Gasteiger charge is -2.12. The van der Waals surface area contributed by atoms with Crippen LogP contribution in [0, 0.1) is 20.8 Å². The smallest absolute Gasteiger partial charge is 0.344 e. The largest absolute Gasteiger partial charge is 0.404 e. The van der Waals surface area contributed by atoms with Gasteiger partial charge in [-0.05, 0) is 50.1 Å². The maximum atomic E-state index is 12.7. The van der Waals surface area contributed by atoms with Crippen LogP contribution < -0.4 is 4.74 Å². The summed E-state index contributed by atoms with van der Waals surface area (Å²) in [6.07, 6.45) is 0. The molecule has 0 unspecified atom stereocenters. The van der Waals surface area contributed by atoms with Crippen LogP contribution in [0.3, 0.4) is 0 Å². The van der Waals surface area contributed by atoms with Crippen molar-refractivity contribution in [1.29, 1.82) is 0 Å². The van der Waals surface area contributed by atoms with Gasteiger partial charge in [-0.1, -0.05) is 60.2 Å². The molecule has 1 heterocycles. The molecule has 0 radical (unpaired) electrons. The van der Waals surface area contributed by atoms with Gasteiger partial charge in [-0.3, -0.25) is 0 Å². The molecule has 0 N–H and O–H groups in total. The molecule has 144 valence electrons.